The van der Waals surface area contributed by atoms with E-state index in [2.05, 4.69) is 4.74 Å². The van der Waals surface area contributed by atoms with Crippen molar-refractivity contribution in [2.24, 2.45) is 5.92 Å². The fraction of sp³-hybridized carbons (Fsp3) is 0.818. The molecule has 104 valence electrons. The number of ether oxygens (including phenoxy) is 1. The number of carbonyl (C=O) groups is 2. The maximum Gasteiger partial charge on any atom is 0.443 e. The molecule has 1 atom stereocenters. The molecule has 18 heavy (non-hydrogen) atoms. The fourth-order valence-electron chi connectivity index (χ4n) is 2.06. The Bertz CT molecular complexity index is 311. The van der Waals surface area contributed by atoms with Gasteiger partial charge in [-0.3, -0.25) is 9.59 Å². The van der Waals surface area contributed by atoms with Gasteiger partial charge in [-0.05, 0) is 24.6 Å². The smallest absolute Gasteiger partial charge is 0.443 e. The van der Waals surface area contributed by atoms with Crippen molar-refractivity contribution in [3.05, 3.63) is 0 Å². The van der Waals surface area contributed by atoms with E-state index < -0.39 is 40.2 Å². The molecule has 0 saturated heterocycles. The summed E-state index contributed by atoms with van der Waals surface area (Å²) in [6.07, 6.45) is 3.75. The molecule has 1 unspecified atom stereocenters. The van der Waals surface area contributed by atoms with Gasteiger partial charge in [0.25, 0.3) is 0 Å². The van der Waals surface area contributed by atoms with Crippen LogP contribution in [0.2, 0.25) is 0 Å². The number of methoxy groups -OCH3 is 1. The van der Waals surface area contributed by atoms with E-state index in [9.17, 15) is 22.8 Å². The van der Waals surface area contributed by atoms with E-state index in [1.807, 2.05) is 0 Å². The molecule has 1 rings (SSSR count). The number of hydrogen-bond acceptors (Lipinski definition) is 4. The van der Waals surface area contributed by atoms with Crippen LogP contribution in [-0.4, -0.2) is 29.6 Å². The Morgan fingerprint density at radius 2 is 1.78 bits per heavy atom. The highest BCUT2D eigenvalue weighted by Gasteiger charge is 2.43. The summed E-state index contributed by atoms with van der Waals surface area (Å²) >= 11 is -0.588. The van der Waals surface area contributed by atoms with E-state index in [-0.39, 0.29) is 0 Å². The molecule has 0 aromatic carbocycles. The second kappa shape index (κ2) is 6.45. The second-order valence-electron chi connectivity index (χ2n) is 4.20. The molecule has 0 aliphatic heterocycles. The third-order valence-electron chi connectivity index (χ3n) is 2.93. The molecule has 0 amide bonds. The standard InChI is InChI=1S/C11H15F3O3S/c1-17-10(16)9(18-11(12,13)14)8(15)7-5-3-2-4-6-7/h7,9H,2-6H2,1H3. The molecule has 0 heterocycles. The quantitative estimate of drug-likeness (QED) is 0.588. The van der Waals surface area contributed by atoms with Gasteiger partial charge in [0.1, 0.15) is 0 Å². The lowest BCUT2D eigenvalue weighted by atomic mass is 9.85. The van der Waals surface area contributed by atoms with Crippen molar-refractivity contribution in [2.75, 3.05) is 7.11 Å². The van der Waals surface area contributed by atoms with Crippen LogP contribution in [0.15, 0.2) is 0 Å². The molecule has 3 nitrogen and oxygen atoms in total. The first-order chi connectivity index (χ1) is 8.35. The zero-order valence-corrected chi connectivity index (χ0v) is 10.8. The van der Waals surface area contributed by atoms with Crippen molar-refractivity contribution in [2.45, 2.75) is 42.9 Å². The third-order valence-corrected chi connectivity index (χ3v) is 3.86. The third kappa shape index (κ3) is 4.51. The minimum absolute atomic E-state index is 0.447. The predicted octanol–water partition coefficient (Wildman–Crippen LogP) is 2.93. The van der Waals surface area contributed by atoms with Crippen LogP contribution in [0, 0.1) is 5.92 Å². The number of rotatable bonds is 4. The van der Waals surface area contributed by atoms with Crippen LogP contribution in [0.5, 0.6) is 0 Å². The summed E-state index contributed by atoms with van der Waals surface area (Å²) in [4.78, 5) is 23.3. The number of halogens is 3. The molecule has 1 saturated carbocycles. The summed E-state index contributed by atoms with van der Waals surface area (Å²) in [5, 5.41) is -1.78. The van der Waals surface area contributed by atoms with Gasteiger partial charge in [-0.15, -0.1) is 0 Å². The summed E-state index contributed by atoms with van der Waals surface area (Å²) < 4.78 is 41.3. The van der Waals surface area contributed by atoms with E-state index in [4.69, 9.17) is 0 Å². The van der Waals surface area contributed by atoms with Gasteiger partial charge in [0.2, 0.25) is 0 Å². The Labute approximate surface area is 107 Å². The van der Waals surface area contributed by atoms with Crippen LogP contribution in [-0.2, 0) is 14.3 Å². The molecule has 0 spiro atoms. The summed E-state index contributed by atoms with van der Waals surface area (Å²) in [5.41, 5.74) is -4.62. The molecule has 0 aromatic rings. The Hall–Kier alpha value is -0.720. The van der Waals surface area contributed by atoms with Crippen molar-refractivity contribution in [1.29, 1.82) is 0 Å². The molecule has 0 N–H and O–H groups in total. The number of alkyl halides is 3. The van der Waals surface area contributed by atoms with E-state index in [1.165, 1.54) is 0 Å². The molecule has 7 heteroatoms. The average Bonchev–Trinajstić information content (AvgIpc) is 2.34. The number of ketones is 1. The minimum Gasteiger partial charge on any atom is -0.468 e. The molecule has 1 aliphatic carbocycles. The normalized spacial score (nSPS) is 19.3. The minimum atomic E-state index is -4.62. The molecule has 0 aromatic heterocycles. The lowest BCUT2D eigenvalue weighted by molar-refractivity contribution is -0.144. The molecular weight excluding hydrogens is 269 g/mol. The SMILES string of the molecule is COC(=O)C(SC(F)(F)F)C(=O)C1CCCCC1. The summed E-state index contributed by atoms with van der Waals surface area (Å²) in [7, 11) is 0.987. The number of thioether (sulfide) groups is 1. The van der Waals surface area contributed by atoms with E-state index in [0.717, 1.165) is 26.4 Å². The van der Waals surface area contributed by atoms with Crippen LogP contribution in [0.1, 0.15) is 32.1 Å². The largest absolute Gasteiger partial charge is 0.468 e. The van der Waals surface area contributed by atoms with E-state index in [0.29, 0.717) is 12.8 Å². The van der Waals surface area contributed by atoms with Crippen LogP contribution in [0.25, 0.3) is 0 Å². The fourth-order valence-corrected chi connectivity index (χ4v) is 2.83. The second-order valence-corrected chi connectivity index (χ2v) is 5.37. The average molecular weight is 284 g/mol. The first-order valence-corrected chi connectivity index (χ1v) is 6.59. The van der Waals surface area contributed by atoms with Gasteiger partial charge in [0, 0.05) is 5.92 Å². The zero-order chi connectivity index (χ0) is 13.8. The summed E-state index contributed by atoms with van der Waals surface area (Å²) in [6, 6.07) is 0. The van der Waals surface area contributed by atoms with Gasteiger partial charge in [-0.2, -0.15) is 13.2 Å². The Kier molecular flexibility index (Phi) is 5.49. The highest BCUT2D eigenvalue weighted by molar-refractivity contribution is 8.02. The van der Waals surface area contributed by atoms with Crippen molar-refractivity contribution < 1.29 is 27.5 Å². The highest BCUT2D eigenvalue weighted by Crippen LogP contribution is 2.37. The molecule has 1 aliphatic rings. The van der Waals surface area contributed by atoms with Gasteiger partial charge in [-0.25, -0.2) is 0 Å². The van der Waals surface area contributed by atoms with Gasteiger partial charge >= 0.3 is 11.5 Å². The summed E-state index contributed by atoms with van der Waals surface area (Å²) in [5.74, 6) is -2.21. The lowest BCUT2D eigenvalue weighted by Gasteiger charge is -2.24. The monoisotopic (exact) mass is 284 g/mol. The van der Waals surface area contributed by atoms with Crippen molar-refractivity contribution >= 4 is 23.5 Å². The highest BCUT2D eigenvalue weighted by atomic mass is 32.2. The van der Waals surface area contributed by atoms with Gasteiger partial charge < -0.3 is 4.74 Å². The first kappa shape index (κ1) is 15.3. The molecule has 1 fully saturated rings. The maximum absolute atomic E-state index is 12.3. The van der Waals surface area contributed by atoms with Crippen LogP contribution < -0.4 is 0 Å². The zero-order valence-electron chi connectivity index (χ0n) is 9.96. The summed E-state index contributed by atoms with van der Waals surface area (Å²) in [6.45, 7) is 0. The van der Waals surface area contributed by atoms with Crippen molar-refractivity contribution in [3.8, 4) is 0 Å². The topological polar surface area (TPSA) is 43.4 Å². The molecular formula is C11H15F3O3S. The van der Waals surface area contributed by atoms with Gasteiger partial charge in [0.15, 0.2) is 11.0 Å². The Balaban J connectivity index is 2.75. The van der Waals surface area contributed by atoms with Crippen LogP contribution in [0.4, 0.5) is 13.2 Å². The Morgan fingerprint density at radius 3 is 2.22 bits per heavy atom. The number of carbonyl (C=O) groups excluding carboxylic acids is 2. The maximum atomic E-state index is 12.3. The van der Waals surface area contributed by atoms with Crippen molar-refractivity contribution in [3.63, 3.8) is 0 Å². The van der Waals surface area contributed by atoms with Crippen molar-refractivity contribution in [1.82, 2.24) is 0 Å². The van der Waals surface area contributed by atoms with Gasteiger partial charge in [-0.1, -0.05) is 19.3 Å². The van der Waals surface area contributed by atoms with Gasteiger partial charge in [0.05, 0.1) is 7.11 Å². The number of hydrogen-bond donors (Lipinski definition) is 0. The van der Waals surface area contributed by atoms with Crippen LogP contribution in [0.3, 0.4) is 0 Å². The van der Waals surface area contributed by atoms with E-state index >= 15 is 0 Å². The number of esters is 1. The van der Waals surface area contributed by atoms with E-state index in [1.54, 1.807) is 0 Å². The Morgan fingerprint density at radius 1 is 1.22 bits per heavy atom. The van der Waals surface area contributed by atoms with Crippen LogP contribution >= 0.6 is 11.8 Å². The molecule has 0 bridgehead atoms. The number of Topliss-reactive ketones (excluding diaryl/α,β-unsaturated/α-hetero) is 1. The predicted molar refractivity (Wildman–Crippen MR) is 61.0 cm³/mol. The molecule has 0 radical (unpaired) electrons. The lowest BCUT2D eigenvalue weighted by Crippen LogP contribution is -2.36. The first-order valence-electron chi connectivity index (χ1n) is 5.71.